The molecule has 0 aliphatic rings. The summed E-state index contributed by atoms with van der Waals surface area (Å²) in [5.41, 5.74) is 3.24. The first kappa shape index (κ1) is 15.9. The van der Waals surface area contributed by atoms with Gasteiger partial charge in [-0.1, -0.05) is 31.5 Å². The molecule has 2 aromatic rings. The number of halogens is 2. The average molecular weight is 304 g/mol. The molecule has 0 amide bonds. The lowest BCUT2D eigenvalue weighted by atomic mass is 10.2. The van der Waals surface area contributed by atoms with E-state index in [0.717, 1.165) is 24.7 Å². The van der Waals surface area contributed by atoms with Crippen molar-refractivity contribution in [2.45, 2.75) is 19.8 Å². The van der Waals surface area contributed by atoms with Crippen molar-refractivity contribution in [2.24, 2.45) is 5.10 Å². The molecule has 116 valence electrons. The third kappa shape index (κ3) is 4.55. The molecule has 2 aromatic carbocycles. The lowest BCUT2D eigenvalue weighted by molar-refractivity contribution is 0.306. The van der Waals surface area contributed by atoms with Crippen molar-refractivity contribution >= 4 is 11.9 Å². The number of nitrogens with zero attached hydrogens (tertiary/aromatic N) is 1. The van der Waals surface area contributed by atoms with Gasteiger partial charge in [0.15, 0.2) is 0 Å². The summed E-state index contributed by atoms with van der Waals surface area (Å²) in [6.45, 7) is 2.46. The maximum Gasteiger partial charge on any atom is 0.138 e. The number of anilines is 1. The molecular weight excluding hydrogens is 286 g/mol. The van der Waals surface area contributed by atoms with E-state index in [2.05, 4.69) is 10.5 Å². The standard InChI is InChI=1S/C17H18F2N2O/c1-2-3-9-22-14-10-16(18)15(17(19)11-14)12-20-21-13-7-5-4-6-8-13/h4-8,10-12,21H,2-3,9H2,1H3. The van der Waals surface area contributed by atoms with Crippen molar-refractivity contribution in [3.05, 3.63) is 59.7 Å². The Labute approximate surface area is 128 Å². The van der Waals surface area contributed by atoms with Gasteiger partial charge in [-0.05, 0) is 18.6 Å². The zero-order valence-corrected chi connectivity index (χ0v) is 12.4. The number of unbranched alkanes of at least 4 members (excludes halogenated alkanes) is 1. The highest BCUT2D eigenvalue weighted by Gasteiger charge is 2.10. The largest absolute Gasteiger partial charge is 0.493 e. The second-order valence-electron chi connectivity index (χ2n) is 4.74. The third-order valence-corrected chi connectivity index (χ3v) is 2.98. The minimum Gasteiger partial charge on any atom is -0.493 e. The molecule has 1 N–H and O–H groups in total. The van der Waals surface area contributed by atoms with Crippen LogP contribution < -0.4 is 10.2 Å². The summed E-state index contributed by atoms with van der Waals surface area (Å²) in [6.07, 6.45) is 2.92. The lowest BCUT2D eigenvalue weighted by Gasteiger charge is -2.07. The van der Waals surface area contributed by atoms with Crippen molar-refractivity contribution in [2.75, 3.05) is 12.0 Å². The Morgan fingerprint density at radius 1 is 1.14 bits per heavy atom. The number of nitrogens with one attached hydrogen (secondary N) is 1. The van der Waals surface area contributed by atoms with Crippen molar-refractivity contribution < 1.29 is 13.5 Å². The zero-order valence-electron chi connectivity index (χ0n) is 12.4. The molecule has 0 saturated carbocycles. The number of hydrogen-bond donors (Lipinski definition) is 1. The minimum absolute atomic E-state index is 0.191. The van der Waals surface area contributed by atoms with Crippen LogP contribution in [0, 0.1) is 11.6 Å². The van der Waals surface area contributed by atoms with Crippen LogP contribution in [0.15, 0.2) is 47.6 Å². The summed E-state index contributed by atoms with van der Waals surface area (Å²) < 4.78 is 33.1. The Morgan fingerprint density at radius 2 is 1.82 bits per heavy atom. The van der Waals surface area contributed by atoms with Gasteiger partial charge in [0.2, 0.25) is 0 Å². The van der Waals surface area contributed by atoms with Gasteiger partial charge in [-0.15, -0.1) is 0 Å². The minimum atomic E-state index is -0.704. The number of rotatable bonds is 7. The summed E-state index contributed by atoms with van der Waals surface area (Å²) in [6, 6.07) is 11.5. The number of benzene rings is 2. The van der Waals surface area contributed by atoms with Gasteiger partial charge in [-0.3, -0.25) is 5.43 Å². The molecule has 0 heterocycles. The first-order chi connectivity index (χ1) is 10.7. The highest BCUT2D eigenvalue weighted by Crippen LogP contribution is 2.20. The molecule has 0 aliphatic carbocycles. The van der Waals surface area contributed by atoms with Gasteiger partial charge in [0.25, 0.3) is 0 Å². The van der Waals surface area contributed by atoms with Crippen molar-refractivity contribution in [1.82, 2.24) is 0 Å². The number of para-hydroxylation sites is 1. The smallest absolute Gasteiger partial charge is 0.138 e. The predicted octanol–water partition coefficient (Wildman–Crippen LogP) is 4.59. The SMILES string of the molecule is CCCCOc1cc(F)c(C=NNc2ccccc2)c(F)c1. The molecule has 0 bridgehead atoms. The molecule has 0 aromatic heterocycles. The van der Waals surface area contributed by atoms with E-state index >= 15 is 0 Å². The van der Waals surface area contributed by atoms with Gasteiger partial charge in [0.1, 0.15) is 17.4 Å². The molecule has 0 fully saturated rings. The van der Waals surface area contributed by atoms with Gasteiger partial charge in [-0.2, -0.15) is 5.10 Å². The Balaban J connectivity index is 2.04. The molecule has 0 radical (unpaired) electrons. The van der Waals surface area contributed by atoms with E-state index in [0.29, 0.717) is 6.61 Å². The molecule has 2 rings (SSSR count). The number of ether oxygens (including phenoxy) is 1. The fourth-order valence-electron chi connectivity index (χ4n) is 1.79. The number of hydrazone groups is 1. The molecular formula is C17H18F2N2O. The van der Waals surface area contributed by atoms with Gasteiger partial charge in [0, 0.05) is 12.1 Å². The predicted molar refractivity (Wildman–Crippen MR) is 84.4 cm³/mol. The van der Waals surface area contributed by atoms with Crippen LogP contribution in [0.5, 0.6) is 5.75 Å². The van der Waals surface area contributed by atoms with E-state index in [4.69, 9.17) is 4.74 Å². The van der Waals surface area contributed by atoms with Crippen LogP contribution in [0.1, 0.15) is 25.3 Å². The van der Waals surface area contributed by atoms with Gasteiger partial charge >= 0.3 is 0 Å². The van der Waals surface area contributed by atoms with E-state index in [9.17, 15) is 8.78 Å². The van der Waals surface area contributed by atoms with Crippen LogP contribution in [0.2, 0.25) is 0 Å². The molecule has 0 saturated heterocycles. The van der Waals surface area contributed by atoms with Gasteiger partial charge in [-0.25, -0.2) is 8.78 Å². The molecule has 0 aliphatic heterocycles. The van der Waals surface area contributed by atoms with E-state index in [1.165, 1.54) is 12.1 Å². The highest BCUT2D eigenvalue weighted by atomic mass is 19.1. The van der Waals surface area contributed by atoms with E-state index in [1.54, 1.807) is 12.1 Å². The maximum atomic E-state index is 13.9. The van der Waals surface area contributed by atoms with Crippen LogP contribution in [0.25, 0.3) is 0 Å². The summed E-state index contributed by atoms with van der Waals surface area (Å²) in [7, 11) is 0. The molecule has 5 heteroatoms. The summed E-state index contributed by atoms with van der Waals surface area (Å²) in [4.78, 5) is 0. The van der Waals surface area contributed by atoms with Gasteiger partial charge in [0.05, 0.1) is 24.1 Å². The molecule has 22 heavy (non-hydrogen) atoms. The second kappa shape index (κ2) is 8.12. The monoisotopic (exact) mass is 304 g/mol. The van der Waals surface area contributed by atoms with E-state index in [-0.39, 0.29) is 11.3 Å². The average Bonchev–Trinajstić information content (AvgIpc) is 2.51. The van der Waals surface area contributed by atoms with Crippen molar-refractivity contribution in [3.63, 3.8) is 0 Å². The Kier molecular flexibility index (Phi) is 5.89. The first-order valence-electron chi connectivity index (χ1n) is 7.16. The van der Waals surface area contributed by atoms with Crippen molar-refractivity contribution in [1.29, 1.82) is 0 Å². The molecule has 0 atom stereocenters. The van der Waals surface area contributed by atoms with Crippen LogP contribution in [0.3, 0.4) is 0 Å². The molecule has 0 unspecified atom stereocenters. The summed E-state index contributed by atoms with van der Waals surface area (Å²) >= 11 is 0. The Hall–Kier alpha value is -2.43. The van der Waals surface area contributed by atoms with Gasteiger partial charge < -0.3 is 4.74 Å². The number of hydrogen-bond acceptors (Lipinski definition) is 3. The zero-order chi connectivity index (χ0) is 15.8. The molecule has 0 spiro atoms. The van der Waals surface area contributed by atoms with Crippen LogP contribution in [-0.4, -0.2) is 12.8 Å². The summed E-state index contributed by atoms with van der Waals surface area (Å²) in [5.74, 6) is -1.22. The highest BCUT2D eigenvalue weighted by molar-refractivity contribution is 5.81. The van der Waals surface area contributed by atoms with E-state index < -0.39 is 11.6 Å². The Morgan fingerprint density at radius 3 is 2.45 bits per heavy atom. The fourth-order valence-corrected chi connectivity index (χ4v) is 1.79. The topological polar surface area (TPSA) is 33.6 Å². The van der Waals surface area contributed by atoms with E-state index in [1.807, 2.05) is 25.1 Å². The third-order valence-electron chi connectivity index (χ3n) is 2.98. The Bertz CT molecular complexity index is 607. The quantitative estimate of drug-likeness (QED) is 0.461. The van der Waals surface area contributed by atoms with Crippen LogP contribution in [-0.2, 0) is 0 Å². The fraction of sp³-hybridized carbons (Fsp3) is 0.235. The van der Waals surface area contributed by atoms with Crippen molar-refractivity contribution in [3.8, 4) is 5.75 Å². The lowest BCUT2D eigenvalue weighted by Crippen LogP contribution is -2.01. The van der Waals surface area contributed by atoms with Crippen LogP contribution in [0.4, 0.5) is 14.5 Å². The second-order valence-corrected chi connectivity index (χ2v) is 4.74. The first-order valence-corrected chi connectivity index (χ1v) is 7.16. The normalized spacial score (nSPS) is 10.9. The van der Waals surface area contributed by atoms with Crippen LogP contribution >= 0.6 is 0 Å². The summed E-state index contributed by atoms with van der Waals surface area (Å²) in [5, 5.41) is 3.84. The maximum absolute atomic E-state index is 13.9. The molecule has 3 nitrogen and oxygen atoms in total.